The van der Waals surface area contributed by atoms with E-state index in [9.17, 15) is 9.59 Å². The Bertz CT molecular complexity index is 604. The van der Waals surface area contributed by atoms with E-state index in [-0.39, 0.29) is 3.92 Å². The molecule has 0 spiro atoms. The van der Waals surface area contributed by atoms with Crippen molar-refractivity contribution in [2.24, 2.45) is 0 Å². The summed E-state index contributed by atoms with van der Waals surface area (Å²) < 4.78 is 12.0. The molecule has 1 unspecified atom stereocenters. The lowest BCUT2D eigenvalue weighted by Gasteiger charge is -2.13. The van der Waals surface area contributed by atoms with Gasteiger partial charge in [-0.25, -0.2) is 0 Å². The van der Waals surface area contributed by atoms with Crippen LogP contribution in [0.15, 0.2) is 41.7 Å². The third-order valence-corrected chi connectivity index (χ3v) is 6.45. The number of carbonyl (C=O) groups is 2. The molecule has 1 atom stereocenters. The molecule has 0 heterocycles. The minimum atomic E-state index is -0.502. The van der Waals surface area contributed by atoms with Crippen molar-refractivity contribution in [2.75, 3.05) is 14.2 Å². The first-order valence-electron chi connectivity index (χ1n) is 6.38. The van der Waals surface area contributed by atoms with Crippen LogP contribution in [-0.4, -0.2) is 30.7 Å². The number of ether oxygens (including phenoxy) is 2. The molecule has 0 saturated heterocycles. The summed E-state index contributed by atoms with van der Waals surface area (Å²) in [6, 6.07) is 5.42. The van der Waals surface area contributed by atoms with E-state index in [0.717, 1.165) is 33.2 Å². The second-order valence-corrected chi connectivity index (χ2v) is 7.71. The zero-order valence-electron chi connectivity index (χ0n) is 11.8. The Morgan fingerprint density at radius 3 is 2.57 bits per heavy atom. The molecular weight excluding hydrogens is 383 g/mol. The quantitative estimate of drug-likeness (QED) is 0.357. The summed E-state index contributed by atoms with van der Waals surface area (Å²) in [5.41, 5.74) is 1.40. The molecule has 1 aliphatic rings. The third kappa shape index (κ3) is 3.72. The van der Waals surface area contributed by atoms with Crippen LogP contribution >= 0.6 is 0 Å². The number of halogens is 1. The molecule has 1 aliphatic carbocycles. The smallest absolute Gasteiger partial charge is 0.329 e. The maximum Gasteiger partial charge on any atom is 0.329 e. The van der Waals surface area contributed by atoms with Crippen molar-refractivity contribution >= 4 is 12.6 Å². The lowest BCUT2D eigenvalue weighted by atomic mass is 10.1. The van der Waals surface area contributed by atoms with Gasteiger partial charge in [0, 0.05) is 18.1 Å². The summed E-state index contributed by atoms with van der Waals surface area (Å²) in [6.45, 7) is 0. The standard InChI is InChI=1S/C16H16IO4/c1-20-15-5-3-11(9-18)7-13(15)17-14-8-12(10-19)4-6-16(14)21-2/h3-7,9-10,14H,8H2,1-2H3/q+1. The number of rotatable bonds is 6. The van der Waals surface area contributed by atoms with E-state index in [1.54, 1.807) is 26.4 Å². The molecule has 1 aromatic rings. The van der Waals surface area contributed by atoms with Crippen LogP contribution in [0.4, 0.5) is 0 Å². The van der Waals surface area contributed by atoms with Gasteiger partial charge < -0.3 is 9.47 Å². The molecule has 0 amide bonds. The van der Waals surface area contributed by atoms with Gasteiger partial charge in [-0.05, 0) is 23.8 Å². The number of hydrogen-bond donors (Lipinski definition) is 0. The van der Waals surface area contributed by atoms with Gasteiger partial charge in [0.05, 0.1) is 14.2 Å². The maximum atomic E-state index is 11.0. The molecule has 5 heteroatoms. The van der Waals surface area contributed by atoms with Crippen LogP contribution in [0.25, 0.3) is 0 Å². The number of hydrogen-bond acceptors (Lipinski definition) is 4. The summed E-state index contributed by atoms with van der Waals surface area (Å²) in [5, 5.41) is 0. The monoisotopic (exact) mass is 399 g/mol. The number of alkyl halides is 1. The SMILES string of the molecule is COC1=CC=C(C=O)CC1[I+]c1cc(C=O)ccc1OC. The summed E-state index contributed by atoms with van der Waals surface area (Å²) in [6.07, 6.45) is 6.04. The van der Waals surface area contributed by atoms with E-state index in [1.807, 2.05) is 18.2 Å². The van der Waals surface area contributed by atoms with Crippen molar-refractivity contribution in [3.8, 4) is 5.75 Å². The van der Waals surface area contributed by atoms with Crippen molar-refractivity contribution in [1.82, 2.24) is 0 Å². The average molecular weight is 399 g/mol. The zero-order chi connectivity index (χ0) is 15.2. The van der Waals surface area contributed by atoms with Gasteiger partial charge in [0.1, 0.15) is 18.3 Å². The van der Waals surface area contributed by atoms with Gasteiger partial charge in [-0.1, -0.05) is 6.08 Å². The lowest BCUT2D eigenvalue weighted by molar-refractivity contribution is -0.657. The molecule has 2 rings (SSSR count). The van der Waals surface area contributed by atoms with Gasteiger partial charge in [0.25, 0.3) is 0 Å². The Balaban J connectivity index is 2.28. The Morgan fingerprint density at radius 2 is 1.95 bits per heavy atom. The Morgan fingerprint density at radius 1 is 1.14 bits per heavy atom. The van der Waals surface area contributed by atoms with Crippen molar-refractivity contribution in [3.63, 3.8) is 0 Å². The van der Waals surface area contributed by atoms with E-state index in [4.69, 9.17) is 9.47 Å². The maximum absolute atomic E-state index is 11.0. The molecular formula is C16H16IO4+. The van der Waals surface area contributed by atoms with Crippen LogP contribution in [0.1, 0.15) is 16.8 Å². The number of carbonyl (C=O) groups excluding carboxylic acids is 2. The molecule has 0 aromatic heterocycles. The van der Waals surface area contributed by atoms with Gasteiger partial charge in [0.15, 0.2) is 5.75 Å². The number of allylic oxidation sites excluding steroid dienone is 4. The van der Waals surface area contributed by atoms with E-state index in [2.05, 4.69) is 0 Å². The number of methoxy groups -OCH3 is 2. The van der Waals surface area contributed by atoms with Crippen LogP contribution in [0.2, 0.25) is 0 Å². The highest BCUT2D eigenvalue weighted by molar-refractivity contribution is 5.75. The summed E-state index contributed by atoms with van der Waals surface area (Å²) in [7, 11) is 3.26. The normalized spacial score (nSPS) is 17.5. The van der Waals surface area contributed by atoms with Gasteiger partial charge in [0.2, 0.25) is 7.49 Å². The first kappa shape index (κ1) is 15.8. The molecule has 0 N–H and O–H groups in total. The van der Waals surface area contributed by atoms with Crippen LogP contribution in [-0.2, 0) is 9.53 Å². The minimum absolute atomic E-state index is 0.176. The van der Waals surface area contributed by atoms with Crippen LogP contribution in [0, 0.1) is 3.57 Å². The Hall–Kier alpha value is -1.63. The van der Waals surface area contributed by atoms with Gasteiger partial charge >= 0.3 is 21.2 Å². The second-order valence-electron chi connectivity index (χ2n) is 4.43. The topological polar surface area (TPSA) is 52.6 Å². The third-order valence-electron chi connectivity index (χ3n) is 3.13. The van der Waals surface area contributed by atoms with Crippen molar-refractivity contribution in [3.05, 3.63) is 50.8 Å². The second kappa shape index (κ2) is 7.40. The lowest BCUT2D eigenvalue weighted by Crippen LogP contribution is -3.65. The zero-order valence-corrected chi connectivity index (χ0v) is 14.0. The van der Waals surface area contributed by atoms with Crippen molar-refractivity contribution in [2.45, 2.75) is 10.3 Å². The summed E-state index contributed by atoms with van der Waals surface area (Å²) >= 11 is -0.502. The molecule has 110 valence electrons. The van der Waals surface area contributed by atoms with E-state index in [0.29, 0.717) is 12.0 Å². The van der Waals surface area contributed by atoms with E-state index in [1.165, 1.54) is 0 Å². The van der Waals surface area contributed by atoms with E-state index >= 15 is 0 Å². The van der Waals surface area contributed by atoms with Crippen LogP contribution in [0.5, 0.6) is 5.75 Å². The predicted octanol–water partition coefficient (Wildman–Crippen LogP) is -0.806. The fraction of sp³-hybridized carbons (Fsp3) is 0.250. The predicted molar refractivity (Wildman–Crippen MR) is 74.7 cm³/mol. The molecule has 0 fully saturated rings. The first-order chi connectivity index (χ1) is 10.2. The molecule has 0 saturated carbocycles. The average Bonchev–Trinajstić information content (AvgIpc) is 2.54. The highest BCUT2D eigenvalue weighted by Crippen LogP contribution is 2.16. The van der Waals surface area contributed by atoms with Gasteiger partial charge in [-0.3, -0.25) is 9.59 Å². The molecule has 21 heavy (non-hydrogen) atoms. The molecule has 1 aromatic carbocycles. The molecule has 0 aliphatic heterocycles. The summed E-state index contributed by atoms with van der Waals surface area (Å²) in [4.78, 5) is 21.9. The number of aldehydes is 2. The van der Waals surface area contributed by atoms with Crippen molar-refractivity contribution < 1.29 is 40.3 Å². The molecule has 0 radical (unpaired) electrons. The van der Waals surface area contributed by atoms with Gasteiger partial charge in [-0.15, -0.1) is 0 Å². The fourth-order valence-corrected chi connectivity index (χ4v) is 5.58. The summed E-state index contributed by atoms with van der Waals surface area (Å²) in [5.74, 6) is 1.66. The fourth-order valence-electron chi connectivity index (χ4n) is 2.03. The minimum Gasteiger partial charge on any atom is -0.496 e. The molecule has 0 bridgehead atoms. The van der Waals surface area contributed by atoms with Gasteiger partial charge in [-0.2, -0.15) is 0 Å². The largest absolute Gasteiger partial charge is 0.496 e. The Labute approximate surface area is 134 Å². The highest BCUT2D eigenvalue weighted by Gasteiger charge is 2.35. The van der Waals surface area contributed by atoms with E-state index < -0.39 is 21.2 Å². The van der Waals surface area contributed by atoms with Crippen LogP contribution in [0.3, 0.4) is 0 Å². The Kier molecular flexibility index (Phi) is 5.55. The van der Waals surface area contributed by atoms with Crippen molar-refractivity contribution in [1.29, 1.82) is 0 Å². The highest BCUT2D eigenvalue weighted by atomic mass is 127. The number of benzene rings is 1. The molecule has 4 nitrogen and oxygen atoms in total. The first-order valence-corrected chi connectivity index (χ1v) is 8.70. The van der Waals surface area contributed by atoms with Crippen LogP contribution < -0.4 is 25.9 Å².